The Labute approximate surface area is 132 Å². The second-order valence-corrected chi connectivity index (χ2v) is 6.14. The van der Waals surface area contributed by atoms with E-state index < -0.39 is 10.8 Å². The van der Waals surface area contributed by atoms with Crippen molar-refractivity contribution >= 4 is 16.6 Å². The standard InChI is InChI=1S/C17H18O4S/c1-12(18)13-8-9-15(20-2)14(10-13)11-22(19)17-7-5-4-6-16(17)21-3/h4-10H,11H2,1-3H3/t22-/m1/s1. The number of ether oxygens (including phenoxy) is 2. The molecule has 0 aliphatic carbocycles. The molecule has 0 saturated heterocycles. The van der Waals surface area contributed by atoms with Crippen molar-refractivity contribution < 1.29 is 18.5 Å². The molecule has 2 aromatic rings. The average molecular weight is 318 g/mol. The van der Waals surface area contributed by atoms with Gasteiger partial charge in [-0.15, -0.1) is 0 Å². The molecule has 4 nitrogen and oxygen atoms in total. The third-order valence-electron chi connectivity index (χ3n) is 3.29. The van der Waals surface area contributed by atoms with Crippen molar-refractivity contribution in [3.63, 3.8) is 0 Å². The summed E-state index contributed by atoms with van der Waals surface area (Å²) in [6.45, 7) is 1.50. The van der Waals surface area contributed by atoms with E-state index in [0.29, 0.717) is 22.0 Å². The number of benzene rings is 2. The average Bonchev–Trinajstić information content (AvgIpc) is 2.54. The molecule has 116 valence electrons. The minimum absolute atomic E-state index is 0.0352. The third-order valence-corrected chi connectivity index (χ3v) is 4.69. The van der Waals surface area contributed by atoms with Gasteiger partial charge in [-0.05, 0) is 37.3 Å². The summed E-state index contributed by atoms with van der Waals surface area (Å²) in [5, 5.41) is 0. The minimum atomic E-state index is -1.30. The monoisotopic (exact) mass is 318 g/mol. The highest BCUT2D eigenvalue weighted by Gasteiger charge is 2.14. The number of carbonyl (C=O) groups excluding carboxylic acids is 1. The Balaban J connectivity index is 2.35. The van der Waals surface area contributed by atoms with Gasteiger partial charge in [0.25, 0.3) is 0 Å². The Morgan fingerprint density at radius 2 is 1.73 bits per heavy atom. The van der Waals surface area contributed by atoms with Crippen LogP contribution in [0.15, 0.2) is 47.4 Å². The highest BCUT2D eigenvalue weighted by atomic mass is 32.2. The van der Waals surface area contributed by atoms with E-state index in [9.17, 15) is 9.00 Å². The summed E-state index contributed by atoms with van der Waals surface area (Å²) in [7, 11) is 1.81. The zero-order chi connectivity index (χ0) is 16.1. The number of rotatable bonds is 6. The van der Waals surface area contributed by atoms with Gasteiger partial charge in [-0.3, -0.25) is 9.00 Å². The molecule has 0 saturated carbocycles. The molecule has 0 spiro atoms. The number of para-hydroxylation sites is 1. The van der Waals surface area contributed by atoms with Crippen LogP contribution in [0.25, 0.3) is 0 Å². The molecule has 0 fully saturated rings. The summed E-state index contributed by atoms with van der Waals surface area (Å²) in [4.78, 5) is 12.1. The molecule has 1 atom stereocenters. The molecule has 2 rings (SSSR count). The van der Waals surface area contributed by atoms with Gasteiger partial charge >= 0.3 is 0 Å². The first-order valence-corrected chi connectivity index (χ1v) is 8.08. The Morgan fingerprint density at radius 3 is 2.36 bits per heavy atom. The van der Waals surface area contributed by atoms with Crippen molar-refractivity contribution in [3.05, 3.63) is 53.6 Å². The number of methoxy groups -OCH3 is 2. The van der Waals surface area contributed by atoms with E-state index in [2.05, 4.69) is 0 Å². The molecule has 0 heterocycles. The van der Waals surface area contributed by atoms with Gasteiger partial charge in [0.1, 0.15) is 11.5 Å². The molecular weight excluding hydrogens is 300 g/mol. The van der Waals surface area contributed by atoms with E-state index in [1.165, 1.54) is 6.92 Å². The van der Waals surface area contributed by atoms with E-state index >= 15 is 0 Å². The Hall–Kier alpha value is -2.14. The van der Waals surface area contributed by atoms with Crippen LogP contribution in [0, 0.1) is 0 Å². The summed E-state index contributed by atoms with van der Waals surface area (Å²) in [5.74, 6) is 1.42. The summed E-state index contributed by atoms with van der Waals surface area (Å²) in [6.07, 6.45) is 0. The van der Waals surface area contributed by atoms with E-state index in [1.807, 2.05) is 12.1 Å². The number of Topliss-reactive ketones (excluding diaryl/α,β-unsaturated/α-hetero) is 1. The highest BCUT2D eigenvalue weighted by molar-refractivity contribution is 7.84. The van der Waals surface area contributed by atoms with Crippen molar-refractivity contribution in [3.8, 4) is 11.5 Å². The lowest BCUT2D eigenvalue weighted by atomic mass is 10.1. The molecule has 5 heteroatoms. The molecule has 0 unspecified atom stereocenters. The zero-order valence-electron chi connectivity index (χ0n) is 12.8. The number of hydrogen-bond acceptors (Lipinski definition) is 4. The summed E-state index contributed by atoms with van der Waals surface area (Å²) < 4.78 is 23.2. The molecule has 0 aliphatic heterocycles. The van der Waals surface area contributed by atoms with Gasteiger partial charge in [-0.25, -0.2) is 0 Å². The number of carbonyl (C=O) groups is 1. The fourth-order valence-electron chi connectivity index (χ4n) is 2.14. The molecule has 0 amide bonds. The molecule has 22 heavy (non-hydrogen) atoms. The second kappa shape index (κ2) is 7.22. The second-order valence-electron chi connectivity index (χ2n) is 4.72. The molecule has 0 radical (unpaired) electrons. The summed E-state index contributed by atoms with van der Waals surface area (Å²) in [5.41, 5.74) is 1.31. The van der Waals surface area contributed by atoms with E-state index in [4.69, 9.17) is 9.47 Å². The zero-order valence-corrected chi connectivity index (χ0v) is 13.6. The number of hydrogen-bond donors (Lipinski definition) is 0. The van der Waals surface area contributed by atoms with Crippen LogP contribution in [0.4, 0.5) is 0 Å². The van der Waals surface area contributed by atoms with Gasteiger partial charge in [0, 0.05) is 11.1 Å². The highest BCUT2D eigenvalue weighted by Crippen LogP contribution is 2.27. The maximum absolute atomic E-state index is 12.6. The fourth-order valence-corrected chi connectivity index (χ4v) is 3.41. The molecular formula is C17H18O4S. The van der Waals surface area contributed by atoms with Crippen LogP contribution in [0.2, 0.25) is 0 Å². The van der Waals surface area contributed by atoms with Crippen molar-refractivity contribution in [2.24, 2.45) is 0 Å². The lowest BCUT2D eigenvalue weighted by Crippen LogP contribution is -2.03. The number of ketones is 1. The first-order chi connectivity index (χ1) is 10.6. The van der Waals surface area contributed by atoms with Gasteiger partial charge in [0.2, 0.25) is 0 Å². The van der Waals surface area contributed by atoms with Gasteiger partial charge in [-0.2, -0.15) is 0 Å². The predicted molar refractivity (Wildman–Crippen MR) is 86.1 cm³/mol. The summed E-state index contributed by atoms with van der Waals surface area (Å²) in [6, 6.07) is 12.4. The third kappa shape index (κ3) is 3.54. The summed E-state index contributed by atoms with van der Waals surface area (Å²) >= 11 is 0. The van der Waals surface area contributed by atoms with E-state index in [1.54, 1.807) is 44.6 Å². The van der Waals surface area contributed by atoms with Crippen molar-refractivity contribution in [1.29, 1.82) is 0 Å². The maximum atomic E-state index is 12.6. The SMILES string of the molecule is COc1ccc(C(C)=O)cc1C[S@@](=O)c1ccccc1OC. The van der Waals surface area contributed by atoms with Gasteiger partial charge in [-0.1, -0.05) is 12.1 Å². The normalized spacial score (nSPS) is 11.8. The van der Waals surface area contributed by atoms with Gasteiger partial charge in [0.05, 0.1) is 35.7 Å². The Bertz CT molecular complexity index is 710. The van der Waals surface area contributed by atoms with Crippen LogP contribution in [-0.4, -0.2) is 24.2 Å². The van der Waals surface area contributed by atoms with E-state index in [0.717, 1.165) is 5.56 Å². The van der Waals surface area contributed by atoms with Crippen LogP contribution < -0.4 is 9.47 Å². The van der Waals surface area contributed by atoms with Crippen molar-refractivity contribution in [1.82, 2.24) is 0 Å². The smallest absolute Gasteiger partial charge is 0.159 e. The predicted octanol–water partition coefficient (Wildman–Crippen LogP) is 3.21. The van der Waals surface area contributed by atoms with Gasteiger partial charge < -0.3 is 9.47 Å². The van der Waals surface area contributed by atoms with Crippen LogP contribution >= 0.6 is 0 Å². The largest absolute Gasteiger partial charge is 0.496 e. The molecule has 0 bridgehead atoms. The molecule has 2 aromatic carbocycles. The first-order valence-electron chi connectivity index (χ1n) is 6.76. The Kier molecular flexibility index (Phi) is 5.33. The van der Waals surface area contributed by atoms with Crippen LogP contribution in [0.3, 0.4) is 0 Å². The lowest BCUT2D eigenvalue weighted by Gasteiger charge is -2.11. The van der Waals surface area contributed by atoms with Crippen LogP contribution in [-0.2, 0) is 16.6 Å². The van der Waals surface area contributed by atoms with Crippen molar-refractivity contribution in [2.75, 3.05) is 14.2 Å². The quantitative estimate of drug-likeness (QED) is 0.768. The molecule has 0 aliphatic rings. The van der Waals surface area contributed by atoms with Gasteiger partial charge in [0.15, 0.2) is 5.78 Å². The first kappa shape index (κ1) is 16.2. The van der Waals surface area contributed by atoms with Crippen LogP contribution in [0.1, 0.15) is 22.8 Å². The molecule has 0 aromatic heterocycles. The lowest BCUT2D eigenvalue weighted by molar-refractivity contribution is 0.101. The van der Waals surface area contributed by atoms with E-state index in [-0.39, 0.29) is 11.5 Å². The van der Waals surface area contributed by atoms with Crippen LogP contribution in [0.5, 0.6) is 11.5 Å². The minimum Gasteiger partial charge on any atom is -0.496 e. The fraction of sp³-hybridized carbons (Fsp3) is 0.235. The maximum Gasteiger partial charge on any atom is 0.159 e. The van der Waals surface area contributed by atoms with Crippen molar-refractivity contribution in [2.45, 2.75) is 17.6 Å². The molecule has 0 N–H and O–H groups in total. The Morgan fingerprint density at radius 1 is 1.05 bits per heavy atom. The topological polar surface area (TPSA) is 52.6 Å².